The molecule has 1 heterocycles. The van der Waals surface area contributed by atoms with Crippen molar-refractivity contribution >= 4 is 27.6 Å². The molecule has 1 rings (SSSR count). The average Bonchev–Trinajstić information content (AvgIpc) is 1.90. The average molecular weight is 186 g/mol. The Morgan fingerprint density at radius 3 is 2.60 bits per heavy atom. The summed E-state index contributed by atoms with van der Waals surface area (Å²) in [5, 5.41) is 9.95. The SMILES string of the molecule is O=C([O-])C1CCCSS1.[Na+]. The summed E-state index contributed by atoms with van der Waals surface area (Å²) in [5.41, 5.74) is 0. The molecule has 0 spiro atoms. The van der Waals surface area contributed by atoms with Gasteiger partial charge in [-0.2, -0.15) is 0 Å². The van der Waals surface area contributed by atoms with Crippen molar-refractivity contribution in [2.75, 3.05) is 5.75 Å². The Labute approximate surface area is 90.2 Å². The molecule has 5 heteroatoms. The minimum Gasteiger partial charge on any atom is -0.549 e. The van der Waals surface area contributed by atoms with Gasteiger partial charge in [-0.1, -0.05) is 21.6 Å². The Bertz CT molecular complexity index is 114. The minimum absolute atomic E-state index is 0. The van der Waals surface area contributed by atoms with Gasteiger partial charge < -0.3 is 9.90 Å². The molecule has 0 N–H and O–H groups in total. The van der Waals surface area contributed by atoms with Crippen molar-refractivity contribution < 1.29 is 39.5 Å². The third-order valence-corrected chi connectivity index (χ3v) is 4.00. The zero-order chi connectivity index (χ0) is 6.69. The first-order valence-corrected chi connectivity index (χ1v) is 5.18. The Morgan fingerprint density at radius 2 is 2.30 bits per heavy atom. The van der Waals surface area contributed by atoms with Crippen molar-refractivity contribution in [3.63, 3.8) is 0 Å². The Balaban J connectivity index is 0.000000810. The van der Waals surface area contributed by atoms with Crippen LogP contribution in [-0.4, -0.2) is 17.0 Å². The molecule has 0 amide bonds. The van der Waals surface area contributed by atoms with Gasteiger partial charge in [-0.05, 0) is 12.8 Å². The molecular formula is C5H7NaO2S2. The molecule has 1 unspecified atom stereocenters. The number of carboxylic acids is 1. The van der Waals surface area contributed by atoms with Gasteiger partial charge in [0.05, 0.1) is 11.2 Å². The molecule has 2 nitrogen and oxygen atoms in total. The second-order valence-corrected chi connectivity index (χ2v) is 4.56. The predicted octanol–water partition coefficient (Wildman–Crippen LogP) is -2.72. The fourth-order valence-corrected chi connectivity index (χ4v) is 3.21. The van der Waals surface area contributed by atoms with E-state index in [4.69, 9.17) is 0 Å². The summed E-state index contributed by atoms with van der Waals surface area (Å²) in [6.07, 6.45) is 1.79. The molecule has 0 radical (unpaired) electrons. The van der Waals surface area contributed by atoms with E-state index in [0.717, 1.165) is 18.6 Å². The Hall–Kier alpha value is 1.17. The predicted molar refractivity (Wildman–Crippen MR) is 38.1 cm³/mol. The second kappa shape index (κ2) is 5.77. The van der Waals surface area contributed by atoms with Crippen LogP contribution in [0.25, 0.3) is 0 Å². The minimum atomic E-state index is -0.910. The third kappa shape index (κ3) is 3.53. The summed E-state index contributed by atoms with van der Waals surface area (Å²) < 4.78 is 0. The van der Waals surface area contributed by atoms with Crippen LogP contribution in [0.3, 0.4) is 0 Å². The molecule has 0 aromatic carbocycles. The standard InChI is InChI=1S/C5H8O2S2.Na/c6-5(7)4-2-1-3-8-9-4;/h4H,1-3H2,(H,6,7);/q;+1/p-1. The van der Waals surface area contributed by atoms with Gasteiger partial charge in [0.1, 0.15) is 0 Å². The van der Waals surface area contributed by atoms with Crippen LogP contribution >= 0.6 is 21.6 Å². The normalized spacial score (nSPS) is 25.0. The van der Waals surface area contributed by atoms with E-state index in [9.17, 15) is 9.90 Å². The van der Waals surface area contributed by atoms with Crippen molar-refractivity contribution in [3.8, 4) is 0 Å². The second-order valence-electron chi connectivity index (χ2n) is 1.87. The molecule has 1 atom stereocenters. The van der Waals surface area contributed by atoms with E-state index in [1.54, 1.807) is 10.8 Å². The summed E-state index contributed by atoms with van der Waals surface area (Å²) >= 11 is 0. The van der Waals surface area contributed by atoms with Gasteiger partial charge in [-0.3, -0.25) is 0 Å². The molecule has 1 aliphatic heterocycles. The molecule has 52 valence electrons. The molecule has 0 aromatic rings. The maximum Gasteiger partial charge on any atom is 1.00 e. The fourth-order valence-electron chi connectivity index (χ4n) is 0.663. The zero-order valence-corrected chi connectivity index (χ0v) is 9.46. The molecule has 10 heavy (non-hydrogen) atoms. The van der Waals surface area contributed by atoms with Gasteiger partial charge >= 0.3 is 29.6 Å². The third-order valence-electron chi connectivity index (χ3n) is 1.14. The van der Waals surface area contributed by atoms with Gasteiger partial charge in [0.15, 0.2) is 0 Å². The zero-order valence-electron chi connectivity index (χ0n) is 5.83. The van der Waals surface area contributed by atoms with E-state index >= 15 is 0 Å². The van der Waals surface area contributed by atoms with Crippen LogP contribution in [0.1, 0.15) is 12.8 Å². The van der Waals surface area contributed by atoms with Gasteiger partial charge in [0, 0.05) is 5.75 Å². The number of aliphatic carboxylic acids is 1. The number of hydrogen-bond acceptors (Lipinski definition) is 4. The van der Waals surface area contributed by atoms with Crippen molar-refractivity contribution in [3.05, 3.63) is 0 Å². The molecular weight excluding hydrogens is 179 g/mol. The maximum absolute atomic E-state index is 10.2. The summed E-state index contributed by atoms with van der Waals surface area (Å²) in [6.45, 7) is 0. The smallest absolute Gasteiger partial charge is 0.549 e. The molecule has 1 fully saturated rings. The number of carboxylic acid groups (broad SMARTS) is 1. The molecule has 1 aliphatic rings. The van der Waals surface area contributed by atoms with E-state index in [1.165, 1.54) is 10.8 Å². The van der Waals surface area contributed by atoms with E-state index in [1.807, 2.05) is 0 Å². The Kier molecular flexibility index (Phi) is 6.45. The molecule has 0 saturated carbocycles. The molecule has 1 saturated heterocycles. The summed E-state index contributed by atoms with van der Waals surface area (Å²) in [5.74, 6) is 0.168. The first kappa shape index (κ1) is 11.2. The van der Waals surface area contributed by atoms with Gasteiger partial charge in [-0.15, -0.1) is 0 Å². The van der Waals surface area contributed by atoms with E-state index in [0.29, 0.717) is 0 Å². The number of hydrogen-bond donors (Lipinski definition) is 0. The van der Waals surface area contributed by atoms with Crippen molar-refractivity contribution in [2.24, 2.45) is 0 Å². The van der Waals surface area contributed by atoms with Gasteiger partial charge in [0.25, 0.3) is 0 Å². The van der Waals surface area contributed by atoms with Crippen LogP contribution in [0, 0.1) is 0 Å². The van der Waals surface area contributed by atoms with E-state index < -0.39 is 5.97 Å². The summed E-state index contributed by atoms with van der Waals surface area (Å²) in [7, 11) is 3.05. The van der Waals surface area contributed by atoms with Crippen molar-refractivity contribution in [1.82, 2.24) is 0 Å². The monoisotopic (exact) mass is 186 g/mol. The summed E-state index contributed by atoms with van der Waals surface area (Å²) in [6, 6.07) is 0. The van der Waals surface area contributed by atoms with Crippen molar-refractivity contribution in [1.29, 1.82) is 0 Å². The van der Waals surface area contributed by atoms with Crippen LogP contribution in [-0.2, 0) is 4.79 Å². The van der Waals surface area contributed by atoms with Crippen LogP contribution in [0.2, 0.25) is 0 Å². The van der Waals surface area contributed by atoms with Crippen LogP contribution in [0.4, 0.5) is 0 Å². The van der Waals surface area contributed by atoms with Crippen LogP contribution in [0.15, 0.2) is 0 Å². The maximum atomic E-state index is 10.2. The van der Waals surface area contributed by atoms with E-state index in [2.05, 4.69) is 0 Å². The summed E-state index contributed by atoms with van der Waals surface area (Å²) in [4.78, 5) is 10.2. The number of carbonyl (C=O) groups excluding carboxylic acids is 1. The number of carbonyl (C=O) groups is 1. The van der Waals surface area contributed by atoms with Crippen LogP contribution < -0.4 is 34.7 Å². The van der Waals surface area contributed by atoms with Crippen molar-refractivity contribution in [2.45, 2.75) is 18.1 Å². The fraction of sp³-hybridized carbons (Fsp3) is 0.800. The Morgan fingerprint density at radius 1 is 1.60 bits per heavy atom. The van der Waals surface area contributed by atoms with Gasteiger partial charge in [0.2, 0.25) is 0 Å². The van der Waals surface area contributed by atoms with Crippen LogP contribution in [0.5, 0.6) is 0 Å². The number of rotatable bonds is 1. The van der Waals surface area contributed by atoms with Gasteiger partial charge in [-0.25, -0.2) is 0 Å². The first-order chi connectivity index (χ1) is 4.30. The molecule has 0 aromatic heterocycles. The first-order valence-electron chi connectivity index (χ1n) is 2.80. The topological polar surface area (TPSA) is 40.1 Å². The quantitative estimate of drug-likeness (QED) is 0.330. The largest absolute Gasteiger partial charge is 1.00 e. The van der Waals surface area contributed by atoms with E-state index in [-0.39, 0.29) is 34.8 Å². The molecule has 0 aliphatic carbocycles. The molecule has 0 bridgehead atoms.